The average molecular weight is 309 g/mol. The zero-order chi connectivity index (χ0) is 13.1. The van der Waals surface area contributed by atoms with E-state index in [4.69, 9.17) is 5.26 Å². The number of alkyl halides is 4. The molecule has 0 spiro atoms. The lowest BCUT2D eigenvalue weighted by Gasteiger charge is -2.13. The Balaban J connectivity index is 3.20. The molecule has 0 saturated heterocycles. The van der Waals surface area contributed by atoms with Crippen LogP contribution in [0.2, 0.25) is 0 Å². The van der Waals surface area contributed by atoms with Gasteiger partial charge in [-0.25, -0.2) is 0 Å². The van der Waals surface area contributed by atoms with Gasteiger partial charge < -0.3 is 4.74 Å². The van der Waals surface area contributed by atoms with Crippen LogP contribution in [0.1, 0.15) is 17.0 Å². The van der Waals surface area contributed by atoms with Crippen molar-refractivity contribution in [2.75, 3.05) is 0 Å². The van der Waals surface area contributed by atoms with E-state index in [2.05, 4.69) is 25.7 Å². The molecule has 0 atom stereocenters. The Bertz CT molecular complexity index is 454. The summed E-state index contributed by atoms with van der Waals surface area (Å²) in [7, 11) is 0. The molecule has 0 bridgehead atoms. The number of pyridine rings is 1. The van der Waals surface area contributed by atoms with Crippen LogP contribution < -0.4 is 4.74 Å². The van der Waals surface area contributed by atoms with E-state index in [0.717, 1.165) is 0 Å². The molecule has 0 N–H and O–H groups in total. The van der Waals surface area contributed by atoms with Crippen molar-refractivity contribution in [2.45, 2.75) is 25.0 Å². The summed E-state index contributed by atoms with van der Waals surface area (Å²) in [5.74, 6) is -0.417. The number of nitriles is 1. The molecular weight excluding hydrogens is 301 g/mol. The van der Waals surface area contributed by atoms with Gasteiger partial charge in [0.05, 0.1) is 18.2 Å². The molecule has 0 fully saturated rings. The van der Waals surface area contributed by atoms with Crippen molar-refractivity contribution < 1.29 is 17.9 Å². The summed E-state index contributed by atoms with van der Waals surface area (Å²) < 4.78 is 40.3. The molecule has 92 valence electrons. The fraction of sp³-hybridized carbons (Fsp3) is 0.400. The Labute approximate surface area is 104 Å². The van der Waals surface area contributed by atoms with Crippen LogP contribution in [0.3, 0.4) is 0 Å². The Kier molecular flexibility index (Phi) is 4.34. The van der Waals surface area contributed by atoms with Gasteiger partial charge in [0.1, 0.15) is 0 Å². The Morgan fingerprint density at radius 2 is 2.18 bits per heavy atom. The first-order valence-electron chi connectivity index (χ1n) is 4.55. The number of nitrogens with zero attached hydrogens (tertiary/aromatic N) is 2. The van der Waals surface area contributed by atoms with Gasteiger partial charge in [-0.05, 0) is 18.6 Å². The molecule has 1 heterocycles. The quantitative estimate of drug-likeness (QED) is 0.805. The zero-order valence-corrected chi connectivity index (χ0v) is 10.4. The SMILES string of the molecule is Cc1nc(CC#N)c(OC(F)(F)F)cc1CBr. The van der Waals surface area contributed by atoms with Gasteiger partial charge in [0.25, 0.3) is 0 Å². The van der Waals surface area contributed by atoms with Gasteiger partial charge in [-0.15, -0.1) is 13.2 Å². The molecular formula is C10H8BrF3N2O. The van der Waals surface area contributed by atoms with Gasteiger partial charge in [0.15, 0.2) is 5.75 Å². The first kappa shape index (κ1) is 13.8. The second-order valence-electron chi connectivity index (χ2n) is 3.19. The first-order valence-corrected chi connectivity index (χ1v) is 5.67. The normalized spacial score (nSPS) is 11.1. The van der Waals surface area contributed by atoms with Crippen molar-refractivity contribution >= 4 is 15.9 Å². The van der Waals surface area contributed by atoms with Gasteiger partial charge in [-0.1, -0.05) is 15.9 Å². The van der Waals surface area contributed by atoms with Gasteiger partial charge in [0, 0.05) is 11.0 Å². The molecule has 0 aliphatic rings. The third-order valence-corrected chi connectivity index (χ3v) is 2.58. The van der Waals surface area contributed by atoms with Crippen LogP contribution in [0.5, 0.6) is 5.75 Å². The highest BCUT2D eigenvalue weighted by Crippen LogP contribution is 2.28. The van der Waals surface area contributed by atoms with E-state index in [-0.39, 0.29) is 12.1 Å². The monoisotopic (exact) mass is 308 g/mol. The standard InChI is InChI=1S/C10H8BrF3N2O/c1-6-7(5-11)4-9(17-10(12,13)14)8(16-6)2-3-15/h4H,2,5H2,1H3. The van der Waals surface area contributed by atoms with Crippen molar-refractivity contribution in [3.05, 3.63) is 23.0 Å². The second-order valence-corrected chi connectivity index (χ2v) is 3.75. The topological polar surface area (TPSA) is 45.9 Å². The van der Waals surface area contributed by atoms with E-state index in [1.165, 1.54) is 6.07 Å². The van der Waals surface area contributed by atoms with Crippen LogP contribution in [0, 0.1) is 18.3 Å². The van der Waals surface area contributed by atoms with Gasteiger partial charge in [0.2, 0.25) is 0 Å². The molecule has 1 aromatic rings. The minimum atomic E-state index is -4.79. The minimum Gasteiger partial charge on any atom is -0.404 e. The molecule has 17 heavy (non-hydrogen) atoms. The van der Waals surface area contributed by atoms with E-state index >= 15 is 0 Å². The Hall–Kier alpha value is -1.29. The summed E-state index contributed by atoms with van der Waals surface area (Å²) in [5, 5.41) is 8.89. The van der Waals surface area contributed by atoms with Crippen molar-refractivity contribution in [3.8, 4) is 11.8 Å². The van der Waals surface area contributed by atoms with Crippen LogP contribution in [0.4, 0.5) is 13.2 Å². The molecule has 1 rings (SSSR count). The van der Waals surface area contributed by atoms with Gasteiger partial charge in [-0.2, -0.15) is 5.26 Å². The summed E-state index contributed by atoms with van der Waals surface area (Å²) >= 11 is 3.14. The van der Waals surface area contributed by atoms with E-state index < -0.39 is 12.1 Å². The molecule has 3 nitrogen and oxygen atoms in total. The average Bonchev–Trinajstić information content (AvgIpc) is 2.20. The van der Waals surface area contributed by atoms with Gasteiger partial charge >= 0.3 is 6.36 Å². The maximum Gasteiger partial charge on any atom is 0.573 e. The highest BCUT2D eigenvalue weighted by molar-refractivity contribution is 9.08. The van der Waals surface area contributed by atoms with Crippen molar-refractivity contribution in [1.82, 2.24) is 4.98 Å². The summed E-state index contributed by atoms with van der Waals surface area (Å²) in [6, 6.07) is 3.00. The molecule has 0 amide bonds. The van der Waals surface area contributed by atoms with Crippen molar-refractivity contribution in [1.29, 1.82) is 5.26 Å². The molecule has 0 aliphatic carbocycles. The van der Waals surface area contributed by atoms with Crippen LogP contribution in [0.15, 0.2) is 6.07 Å². The first-order chi connectivity index (χ1) is 7.87. The fourth-order valence-corrected chi connectivity index (χ4v) is 1.79. The maximum atomic E-state index is 12.2. The fourth-order valence-electron chi connectivity index (χ4n) is 1.23. The van der Waals surface area contributed by atoms with E-state index in [1.807, 2.05) is 0 Å². The smallest absolute Gasteiger partial charge is 0.404 e. The predicted molar refractivity (Wildman–Crippen MR) is 57.6 cm³/mol. The summed E-state index contributed by atoms with van der Waals surface area (Å²) in [6.45, 7) is 1.66. The lowest BCUT2D eigenvalue weighted by atomic mass is 10.1. The van der Waals surface area contributed by atoms with Crippen LogP contribution in [-0.2, 0) is 11.8 Å². The highest BCUT2D eigenvalue weighted by atomic mass is 79.9. The third-order valence-electron chi connectivity index (χ3n) is 1.97. The maximum absolute atomic E-state index is 12.2. The second kappa shape index (κ2) is 5.36. The predicted octanol–water partition coefficient (Wildman–Crippen LogP) is 3.25. The number of ether oxygens (including phenoxy) is 1. The largest absolute Gasteiger partial charge is 0.573 e. The van der Waals surface area contributed by atoms with E-state index in [9.17, 15) is 13.2 Å². The Morgan fingerprint density at radius 1 is 1.53 bits per heavy atom. The lowest BCUT2D eigenvalue weighted by molar-refractivity contribution is -0.275. The minimum absolute atomic E-state index is 0.00738. The molecule has 0 aliphatic heterocycles. The summed E-state index contributed by atoms with van der Waals surface area (Å²) in [6.07, 6.45) is -5.01. The van der Waals surface area contributed by atoms with Gasteiger partial charge in [-0.3, -0.25) is 4.98 Å². The summed E-state index contributed by atoms with van der Waals surface area (Å²) in [5.41, 5.74) is 1.15. The number of rotatable bonds is 3. The van der Waals surface area contributed by atoms with Crippen molar-refractivity contribution in [2.24, 2.45) is 0 Å². The number of aryl methyl sites for hydroxylation is 1. The lowest BCUT2D eigenvalue weighted by Crippen LogP contribution is -2.19. The Morgan fingerprint density at radius 3 is 2.65 bits per heavy atom. The van der Waals surface area contributed by atoms with E-state index in [0.29, 0.717) is 16.6 Å². The van der Waals surface area contributed by atoms with Crippen molar-refractivity contribution in [3.63, 3.8) is 0 Å². The van der Waals surface area contributed by atoms with Crippen LogP contribution >= 0.6 is 15.9 Å². The highest BCUT2D eigenvalue weighted by Gasteiger charge is 2.32. The van der Waals surface area contributed by atoms with Crippen LogP contribution in [-0.4, -0.2) is 11.3 Å². The van der Waals surface area contributed by atoms with Crippen LogP contribution in [0.25, 0.3) is 0 Å². The number of hydrogen-bond donors (Lipinski definition) is 0. The van der Waals surface area contributed by atoms with E-state index in [1.54, 1.807) is 13.0 Å². The molecule has 7 heteroatoms. The molecule has 1 aromatic heterocycles. The summed E-state index contributed by atoms with van der Waals surface area (Å²) in [4.78, 5) is 3.94. The number of halogens is 4. The number of hydrogen-bond acceptors (Lipinski definition) is 3. The molecule has 0 saturated carbocycles. The molecule has 0 radical (unpaired) electrons. The zero-order valence-electron chi connectivity index (χ0n) is 8.81. The number of aromatic nitrogens is 1. The third kappa shape index (κ3) is 3.89. The molecule has 0 unspecified atom stereocenters. The molecule has 0 aromatic carbocycles.